The van der Waals surface area contributed by atoms with Crippen LogP contribution in [0, 0.1) is 18.3 Å². The molecule has 5 heteroatoms. The molecule has 0 aromatic heterocycles. The molecule has 0 amide bonds. The Kier molecular flexibility index (Phi) is 5.16. The van der Waals surface area contributed by atoms with E-state index in [1.807, 2.05) is 6.07 Å². The van der Waals surface area contributed by atoms with E-state index in [2.05, 4.69) is 10.8 Å². The first-order valence-corrected chi connectivity index (χ1v) is 8.69. The molecule has 112 valence electrons. The molecule has 0 atom stereocenters. The minimum Gasteiger partial charge on any atom is -0.211 e. The number of hydrogen-bond acceptors (Lipinski definition) is 3. The zero-order valence-corrected chi connectivity index (χ0v) is 13.0. The molecule has 0 saturated carbocycles. The second-order valence-electron chi connectivity index (χ2n) is 5.35. The average molecular weight is 304 g/mol. The Morgan fingerprint density at radius 2 is 2.14 bits per heavy atom. The molecule has 0 radical (unpaired) electrons. The van der Waals surface area contributed by atoms with Crippen molar-refractivity contribution in [2.45, 2.75) is 43.9 Å². The van der Waals surface area contributed by atoms with Crippen molar-refractivity contribution in [2.24, 2.45) is 0 Å². The highest BCUT2D eigenvalue weighted by molar-refractivity contribution is 7.89. The maximum atomic E-state index is 12.3. The molecule has 0 saturated heterocycles. The molecule has 0 aliphatic heterocycles. The number of nitrogens with zero attached hydrogens (tertiary/aromatic N) is 1. The summed E-state index contributed by atoms with van der Waals surface area (Å²) in [6.07, 6.45) is 7.59. The first kappa shape index (κ1) is 15.7. The number of rotatable bonds is 5. The largest absolute Gasteiger partial charge is 0.240 e. The minimum atomic E-state index is -3.55. The summed E-state index contributed by atoms with van der Waals surface area (Å²) in [5.74, 6) is 0. The third kappa shape index (κ3) is 4.16. The standard InChI is InChI=1S/C16H20N2O2S/c1-13-7-8-15(12-17)11-16(13)21(19,20)18-10-9-14-5-3-2-4-6-14/h5,7-8,11,18H,2-4,6,9-10H2,1H3. The molecular formula is C16H20N2O2S. The zero-order chi connectivity index (χ0) is 15.3. The fourth-order valence-electron chi connectivity index (χ4n) is 2.51. The summed E-state index contributed by atoms with van der Waals surface area (Å²) in [5.41, 5.74) is 2.35. The molecule has 1 aromatic rings. The molecule has 0 bridgehead atoms. The highest BCUT2D eigenvalue weighted by Crippen LogP contribution is 2.20. The molecule has 1 N–H and O–H groups in total. The average Bonchev–Trinajstić information content (AvgIpc) is 2.48. The van der Waals surface area contributed by atoms with Crippen LogP contribution in [0.25, 0.3) is 0 Å². The topological polar surface area (TPSA) is 70.0 Å². The zero-order valence-electron chi connectivity index (χ0n) is 12.2. The van der Waals surface area contributed by atoms with Crippen molar-refractivity contribution in [1.29, 1.82) is 5.26 Å². The molecular weight excluding hydrogens is 284 g/mol. The van der Waals surface area contributed by atoms with Crippen LogP contribution in [0.1, 0.15) is 43.2 Å². The van der Waals surface area contributed by atoms with Crippen LogP contribution >= 0.6 is 0 Å². The van der Waals surface area contributed by atoms with Crippen molar-refractivity contribution in [1.82, 2.24) is 4.72 Å². The summed E-state index contributed by atoms with van der Waals surface area (Å²) in [5, 5.41) is 8.89. The van der Waals surface area contributed by atoms with Crippen LogP contribution in [-0.4, -0.2) is 15.0 Å². The van der Waals surface area contributed by atoms with Crippen LogP contribution in [-0.2, 0) is 10.0 Å². The van der Waals surface area contributed by atoms with Gasteiger partial charge in [0.25, 0.3) is 0 Å². The summed E-state index contributed by atoms with van der Waals surface area (Å²) in [7, 11) is -3.55. The third-order valence-electron chi connectivity index (χ3n) is 3.73. The number of nitrogens with one attached hydrogen (secondary N) is 1. The SMILES string of the molecule is Cc1ccc(C#N)cc1S(=O)(=O)NCCC1=CCCCC1. The Bertz CT molecular complexity index is 685. The van der Waals surface area contributed by atoms with Crippen molar-refractivity contribution in [3.63, 3.8) is 0 Å². The lowest BCUT2D eigenvalue weighted by atomic mass is 9.97. The van der Waals surface area contributed by atoms with Gasteiger partial charge in [0.2, 0.25) is 10.0 Å². The maximum absolute atomic E-state index is 12.3. The van der Waals surface area contributed by atoms with E-state index in [0.717, 1.165) is 19.3 Å². The lowest BCUT2D eigenvalue weighted by Crippen LogP contribution is -2.26. The summed E-state index contributed by atoms with van der Waals surface area (Å²) in [4.78, 5) is 0.194. The lowest BCUT2D eigenvalue weighted by Gasteiger charge is -2.14. The van der Waals surface area contributed by atoms with Gasteiger partial charge in [-0.1, -0.05) is 17.7 Å². The molecule has 1 aromatic carbocycles. The fraction of sp³-hybridized carbons (Fsp3) is 0.438. The second-order valence-corrected chi connectivity index (χ2v) is 7.08. The predicted octanol–water partition coefficient (Wildman–Crippen LogP) is 3.04. The molecule has 2 rings (SSSR count). The van der Waals surface area contributed by atoms with Crippen LogP contribution < -0.4 is 4.72 Å². The Morgan fingerprint density at radius 1 is 1.33 bits per heavy atom. The summed E-state index contributed by atoms with van der Waals surface area (Å²) in [6, 6.07) is 6.69. The monoisotopic (exact) mass is 304 g/mol. The normalized spacial score (nSPS) is 15.3. The maximum Gasteiger partial charge on any atom is 0.240 e. The van der Waals surface area contributed by atoms with Gasteiger partial charge in [-0.3, -0.25) is 0 Å². The Balaban J connectivity index is 2.05. The molecule has 1 aliphatic carbocycles. The highest BCUT2D eigenvalue weighted by Gasteiger charge is 2.17. The molecule has 21 heavy (non-hydrogen) atoms. The van der Waals surface area contributed by atoms with Gasteiger partial charge in [0.05, 0.1) is 16.5 Å². The quantitative estimate of drug-likeness (QED) is 0.850. The Morgan fingerprint density at radius 3 is 2.81 bits per heavy atom. The van der Waals surface area contributed by atoms with Gasteiger partial charge in [-0.05, 0) is 56.7 Å². The van der Waals surface area contributed by atoms with Gasteiger partial charge in [0, 0.05) is 6.54 Å². The molecule has 0 heterocycles. The number of nitriles is 1. The molecule has 4 nitrogen and oxygen atoms in total. The first-order valence-electron chi connectivity index (χ1n) is 7.21. The summed E-state index contributed by atoms with van der Waals surface area (Å²) >= 11 is 0. The summed E-state index contributed by atoms with van der Waals surface area (Å²) < 4.78 is 27.3. The molecule has 1 aliphatic rings. The van der Waals surface area contributed by atoms with Crippen LogP contribution in [0.15, 0.2) is 34.7 Å². The first-order chi connectivity index (χ1) is 10.0. The van der Waals surface area contributed by atoms with Gasteiger partial charge in [0.1, 0.15) is 0 Å². The van der Waals surface area contributed by atoms with E-state index in [9.17, 15) is 8.42 Å². The van der Waals surface area contributed by atoms with Crippen molar-refractivity contribution in [3.05, 3.63) is 41.0 Å². The van der Waals surface area contributed by atoms with Crippen molar-refractivity contribution in [3.8, 4) is 6.07 Å². The number of allylic oxidation sites excluding steroid dienone is 1. The predicted molar refractivity (Wildman–Crippen MR) is 82.3 cm³/mol. The van der Waals surface area contributed by atoms with E-state index in [1.54, 1.807) is 19.1 Å². The van der Waals surface area contributed by atoms with E-state index in [4.69, 9.17) is 5.26 Å². The number of benzene rings is 1. The Labute approximate surface area is 126 Å². The Hall–Kier alpha value is -1.64. The molecule has 0 fully saturated rings. The smallest absolute Gasteiger partial charge is 0.211 e. The fourth-order valence-corrected chi connectivity index (χ4v) is 3.81. The van der Waals surface area contributed by atoms with Crippen LogP contribution in [0.4, 0.5) is 0 Å². The van der Waals surface area contributed by atoms with Gasteiger partial charge >= 0.3 is 0 Å². The number of hydrogen-bond donors (Lipinski definition) is 1. The summed E-state index contributed by atoms with van der Waals surface area (Å²) in [6.45, 7) is 2.14. The minimum absolute atomic E-state index is 0.194. The number of aryl methyl sites for hydroxylation is 1. The lowest BCUT2D eigenvalue weighted by molar-refractivity contribution is 0.579. The van der Waals surface area contributed by atoms with Gasteiger partial charge in [-0.2, -0.15) is 5.26 Å². The molecule has 0 spiro atoms. The van der Waals surface area contributed by atoms with Crippen molar-refractivity contribution in [2.75, 3.05) is 6.54 Å². The van der Waals surface area contributed by atoms with Gasteiger partial charge in [-0.25, -0.2) is 13.1 Å². The van der Waals surface area contributed by atoms with Gasteiger partial charge in [-0.15, -0.1) is 0 Å². The van der Waals surface area contributed by atoms with Crippen LogP contribution in [0.3, 0.4) is 0 Å². The van der Waals surface area contributed by atoms with E-state index in [1.165, 1.54) is 24.5 Å². The number of sulfonamides is 1. The van der Waals surface area contributed by atoms with Gasteiger partial charge in [0.15, 0.2) is 0 Å². The van der Waals surface area contributed by atoms with Crippen molar-refractivity contribution >= 4 is 10.0 Å². The second kappa shape index (κ2) is 6.88. The van der Waals surface area contributed by atoms with Gasteiger partial charge < -0.3 is 0 Å². The van der Waals surface area contributed by atoms with Crippen LogP contribution in [0.2, 0.25) is 0 Å². The third-order valence-corrected chi connectivity index (χ3v) is 5.33. The van der Waals surface area contributed by atoms with Crippen molar-refractivity contribution < 1.29 is 8.42 Å². The van der Waals surface area contributed by atoms with E-state index >= 15 is 0 Å². The highest BCUT2D eigenvalue weighted by atomic mass is 32.2. The van der Waals surface area contributed by atoms with E-state index in [0.29, 0.717) is 17.7 Å². The van der Waals surface area contributed by atoms with E-state index < -0.39 is 10.0 Å². The molecule has 0 unspecified atom stereocenters. The van der Waals surface area contributed by atoms with Crippen LogP contribution in [0.5, 0.6) is 0 Å². The van der Waals surface area contributed by atoms with E-state index in [-0.39, 0.29) is 4.90 Å².